The van der Waals surface area contributed by atoms with E-state index < -0.39 is 23.5 Å². The maximum atomic E-state index is 13.1. The minimum Gasteiger partial charge on any atom is -0.461 e. The van der Waals surface area contributed by atoms with Crippen LogP contribution in [0.4, 0.5) is 13.2 Å². The number of ether oxygens (including phenoxy) is 1. The number of carbonyl (C=O) groups excluding carboxylic acids is 1. The van der Waals surface area contributed by atoms with Gasteiger partial charge in [0.25, 0.3) is 0 Å². The largest absolute Gasteiger partial charge is 0.461 e. The number of nitrogens with zero attached hydrogens (tertiary/aromatic N) is 4. The molecule has 0 aromatic carbocycles. The van der Waals surface area contributed by atoms with Gasteiger partial charge in [0.1, 0.15) is 11.5 Å². The second-order valence-electron chi connectivity index (χ2n) is 4.02. The van der Waals surface area contributed by atoms with E-state index in [4.69, 9.17) is 4.42 Å². The van der Waals surface area contributed by atoms with Crippen molar-refractivity contribution in [2.24, 2.45) is 0 Å². The molecule has 0 spiro atoms. The molecule has 7 nitrogen and oxygen atoms in total. The first-order valence-electron chi connectivity index (χ1n) is 5.91. The number of halogens is 3. The number of hydrogen-bond acceptors (Lipinski definition) is 6. The standard InChI is InChI=1S/C11H11F3N4O3/c1-3-20-10(19)8-9(11(12,13)14)18(17-16-8)4-7-6(2)21-5-15-7/h5H,3-4H2,1-2H3. The van der Waals surface area contributed by atoms with Crippen LogP contribution in [0, 0.1) is 6.92 Å². The number of rotatable bonds is 4. The summed E-state index contributed by atoms with van der Waals surface area (Å²) in [4.78, 5) is 15.3. The van der Waals surface area contributed by atoms with Gasteiger partial charge in [0.15, 0.2) is 12.1 Å². The molecular formula is C11H11F3N4O3. The SMILES string of the molecule is CCOC(=O)c1nnn(Cc2ncoc2C)c1C(F)(F)F. The highest BCUT2D eigenvalue weighted by Crippen LogP contribution is 2.31. The first kappa shape index (κ1) is 15.0. The molecule has 0 radical (unpaired) electrons. The van der Waals surface area contributed by atoms with Gasteiger partial charge in [-0.3, -0.25) is 0 Å². The van der Waals surface area contributed by atoms with Crippen molar-refractivity contribution in [1.82, 2.24) is 20.0 Å². The molecule has 0 amide bonds. The van der Waals surface area contributed by atoms with Crippen LogP contribution in [-0.4, -0.2) is 32.6 Å². The van der Waals surface area contributed by atoms with E-state index in [0.717, 1.165) is 6.39 Å². The second-order valence-corrected chi connectivity index (χ2v) is 4.02. The van der Waals surface area contributed by atoms with Crippen molar-refractivity contribution in [2.45, 2.75) is 26.6 Å². The minimum atomic E-state index is -4.80. The third kappa shape index (κ3) is 3.03. The van der Waals surface area contributed by atoms with Crippen LogP contribution in [0.25, 0.3) is 0 Å². The molecule has 0 saturated heterocycles. The summed E-state index contributed by atoms with van der Waals surface area (Å²) in [5, 5.41) is 6.64. The van der Waals surface area contributed by atoms with Gasteiger partial charge in [-0.1, -0.05) is 5.21 Å². The van der Waals surface area contributed by atoms with Crippen molar-refractivity contribution < 1.29 is 27.1 Å². The highest BCUT2D eigenvalue weighted by Gasteiger charge is 2.42. The van der Waals surface area contributed by atoms with Gasteiger partial charge in [0, 0.05) is 0 Å². The van der Waals surface area contributed by atoms with E-state index in [-0.39, 0.29) is 18.8 Å². The molecule has 0 atom stereocenters. The van der Waals surface area contributed by atoms with E-state index in [1.54, 1.807) is 6.92 Å². The van der Waals surface area contributed by atoms with Gasteiger partial charge in [0.2, 0.25) is 5.69 Å². The van der Waals surface area contributed by atoms with Crippen molar-refractivity contribution in [2.75, 3.05) is 6.61 Å². The molecule has 0 fully saturated rings. The van der Waals surface area contributed by atoms with Gasteiger partial charge in [-0.15, -0.1) is 5.10 Å². The van der Waals surface area contributed by atoms with Crippen LogP contribution in [0.2, 0.25) is 0 Å². The second kappa shape index (κ2) is 5.54. The maximum Gasteiger partial charge on any atom is 0.435 e. The lowest BCUT2D eigenvalue weighted by atomic mass is 10.3. The number of aromatic nitrogens is 4. The lowest BCUT2D eigenvalue weighted by Gasteiger charge is -2.10. The molecule has 114 valence electrons. The summed E-state index contributed by atoms with van der Waals surface area (Å²) in [6, 6.07) is 0. The van der Waals surface area contributed by atoms with Crippen LogP contribution in [0.1, 0.15) is 34.6 Å². The van der Waals surface area contributed by atoms with E-state index in [9.17, 15) is 18.0 Å². The average molecular weight is 304 g/mol. The van der Waals surface area contributed by atoms with Gasteiger partial charge in [0.05, 0.1) is 13.2 Å². The van der Waals surface area contributed by atoms with Crippen LogP contribution in [-0.2, 0) is 17.5 Å². The quantitative estimate of drug-likeness (QED) is 0.801. The Hall–Kier alpha value is -2.39. The number of carbonyl (C=O) groups is 1. The van der Waals surface area contributed by atoms with Crippen molar-refractivity contribution in [3.63, 3.8) is 0 Å². The van der Waals surface area contributed by atoms with Crippen LogP contribution in [0.15, 0.2) is 10.8 Å². The molecule has 10 heteroatoms. The molecule has 2 heterocycles. The first-order valence-corrected chi connectivity index (χ1v) is 5.91. The zero-order chi connectivity index (χ0) is 15.6. The highest BCUT2D eigenvalue weighted by atomic mass is 19.4. The number of oxazole rings is 1. The Labute approximate surface area is 116 Å². The lowest BCUT2D eigenvalue weighted by molar-refractivity contribution is -0.144. The van der Waals surface area contributed by atoms with E-state index >= 15 is 0 Å². The fourth-order valence-electron chi connectivity index (χ4n) is 1.66. The van der Waals surface area contributed by atoms with Crippen molar-refractivity contribution >= 4 is 5.97 Å². The lowest BCUT2D eigenvalue weighted by Crippen LogP contribution is -2.20. The van der Waals surface area contributed by atoms with Gasteiger partial charge < -0.3 is 9.15 Å². The topological polar surface area (TPSA) is 83.0 Å². The van der Waals surface area contributed by atoms with E-state index in [1.165, 1.54) is 6.92 Å². The Bertz CT molecular complexity index is 647. The Morgan fingerprint density at radius 1 is 1.48 bits per heavy atom. The molecule has 0 aliphatic heterocycles. The number of aryl methyl sites for hydroxylation is 1. The third-order valence-electron chi connectivity index (χ3n) is 2.62. The van der Waals surface area contributed by atoms with E-state index in [1.807, 2.05) is 0 Å². The Morgan fingerprint density at radius 2 is 2.19 bits per heavy atom. The normalized spacial score (nSPS) is 11.7. The van der Waals surface area contributed by atoms with E-state index in [0.29, 0.717) is 10.4 Å². The molecule has 0 unspecified atom stereocenters. The van der Waals surface area contributed by atoms with E-state index in [2.05, 4.69) is 20.0 Å². The maximum absolute atomic E-state index is 13.1. The molecule has 0 bridgehead atoms. The van der Waals surface area contributed by atoms with Crippen LogP contribution in [0.3, 0.4) is 0 Å². The number of alkyl halides is 3. The van der Waals surface area contributed by atoms with Crippen molar-refractivity contribution in [1.29, 1.82) is 0 Å². The minimum absolute atomic E-state index is 0.0641. The highest BCUT2D eigenvalue weighted by molar-refractivity contribution is 5.88. The zero-order valence-electron chi connectivity index (χ0n) is 11.1. The predicted molar refractivity (Wildman–Crippen MR) is 61.3 cm³/mol. The van der Waals surface area contributed by atoms with Gasteiger partial charge in [-0.25, -0.2) is 14.5 Å². The molecule has 2 rings (SSSR count). The summed E-state index contributed by atoms with van der Waals surface area (Å²) < 4.78 is 49.4. The molecular weight excluding hydrogens is 293 g/mol. The third-order valence-corrected chi connectivity index (χ3v) is 2.62. The first-order chi connectivity index (χ1) is 9.84. The van der Waals surface area contributed by atoms with Gasteiger partial charge in [-0.2, -0.15) is 13.2 Å². The van der Waals surface area contributed by atoms with Gasteiger partial charge >= 0.3 is 12.1 Å². The summed E-state index contributed by atoms with van der Waals surface area (Å²) >= 11 is 0. The monoisotopic (exact) mass is 304 g/mol. The fourth-order valence-corrected chi connectivity index (χ4v) is 1.66. The van der Waals surface area contributed by atoms with Crippen LogP contribution >= 0.6 is 0 Å². The molecule has 0 saturated carbocycles. The predicted octanol–water partition coefficient (Wildman–Crippen LogP) is 1.82. The molecule has 21 heavy (non-hydrogen) atoms. The number of hydrogen-bond donors (Lipinski definition) is 0. The van der Waals surface area contributed by atoms with Crippen molar-refractivity contribution in [3.05, 3.63) is 29.2 Å². The molecule has 0 aliphatic rings. The number of esters is 1. The summed E-state index contributed by atoms with van der Waals surface area (Å²) in [5.74, 6) is -0.816. The molecule has 2 aromatic heterocycles. The molecule has 2 aromatic rings. The van der Waals surface area contributed by atoms with Crippen molar-refractivity contribution in [3.8, 4) is 0 Å². The Morgan fingerprint density at radius 3 is 2.71 bits per heavy atom. The summed E-state index contributed by atoms with van der Waals surface area (Å²) in [6.07, 6.45) is -3.69. The zero-order valence-corrected chi connectivity index (χ0v) is 11.1. The Kier molecular flexibility index (Phi) is 3.96. The fraction of sp³-hybridized carbons (Fsp3) is 0.455. The smallest absolute Gasteiger partial charge is 0.435 e. The van der Waals surface area contributed by atoms with Crippen LogP contribution < -0.4 is 0 Å². The Balaban J connectivity index is 2.42. The molecule has 0 aliphatic carbocycles. The summed E-state index contributed by atoms with van der Waals surface area (Å²) in [6.45, 7) is 2.65. The molecule has 0 N–H and O–H groups in total. The van der Waals surface area contributed by atoms with Gasteiger partial charge in [-0.05, 0) is 13.8 Å². The summed E-state index contributed by atoms with van der Waals surface area (Å²) in [7, 11) is 0. The van der Waals surface area contributed by atoms with Crippen LogP contribution in [0.5, 0.6) is 0 Å². The summed E-state index contributed by atoms with van der Waals surface area (Å²) in [5.41, 5.74) is -1.88. The average Bonchev–Trinajstić information content (AvgIpc) is 2.97.